The van der Waals surface area contributed by atoms with E-state index in [1.807, 2.05) is 6.07 Å². The van der Waals surface area contributed by atoms with Crippen molar-refractivity contribution in [3.05, 3.63) is 66.7 Å². The summed E-state index contributed by atoms with van der Waals surface area (Å²) in [7, 11) is 1.01. The van der Waals surface area contributed by atoms with E-state index in [2.05, 4.69) is 55.1 Å². The van der Waals surface area contributed by atoms with Gasteiger partial charge in [-0.05, 0) is 16.7 Å². The first kappa shape index (κ1) is 9.93. The molecule has 15 heavy (non-hydrogen) atoms. The van der Waals surface area contributed by atoms with E-state index >= 15 is 0 Å². The smallest absolute Gasteiger partial charge is 0.0385 e. The van der Waals surface area contributed by atoms with Crippen molar-refractivity contribution in [2.45, 2.75) is 0 Å². The van der Waals surface area contributed by atoms with Crippen LogP contribution in [0.25, 0.3) is 16.3 Å². The van der Waals surface area contributed by atoms with E-state index in [0.717, 1.165) is 10.2 Å². The first-order valence-corrected chi connectivity index (χ1v) is 6.09. The van der Waals surface area contributed by atoms with E-state index in [0.29, 0.717) is 0 Å². The van der Waals surface area contributed by atoms with Gasteiger partial charge in [0, 0.05) is 10.2 Å². The van der Waals surface area contributed by atoms with Gasteiger partial charge in [-0.25, -0.2) is 0 Å². The van der Waals surface area contributed by atoms with Crippen molar-refractivity contribution < 1.29 is 0 Å². The quantitative estimate of drug-likeness (QED) is 0.669. The third-order valence-corrected chi connectivity index (χ3v) is 3.01. The summed E-state index contributed by atoms with van der Waals surface area (Å²) in [5.41, 5.74) is 3.85. The van der Waals surface area contributed by atoms with Gasteiger partial charge >= 0.3 is 0 Å². The molecule has 0 saturated heterocycles. The van der Waals surface area contributed by atoms with Crippen molar-refractivity contribution in [3.8, 4) is 11.1 Å². The van der Waals surface area contributed by atoms with Crippen LogP contribution >= 0.6 is 0 Å². The minimum Gasteiger partial charge on any atom is -0.100 e. The van der Waals surface area contributed by atoms with Gasteiger partial charge in [0.15, 0.2) is 0 Å². The van der Waals surface area contributed by atoms with Gasteiger partial charge in [0.2, 0.25) is 0 Å². The molecule has 74 valence electrons. The highest BCUT2D eigenvalue weighted by atomic mass is 28.1. The standard InChI is InChI=1S/C14H14Si/c1-11(15)13-9-5-6-10-14(13)12-7-3-2-4-8-12/h2-10H,1H2,15H3. The molecule has 0 unspecified atom stereocenters. The van der Waals surface area contributed by atoms with E-state index in [4.69, 9.17) is 0 Å². The average Bonchev–Trinajstić information content (AvgIpc) is 2.30. The van der Waals surface area contributed by atoms with Crippen LogP contribution < -0.4 is 0 Å². The van der Waals surface area contributed by atoms with Crippen LogP contribution in [0.1, 0.15) is 5.56 Å². The number of hydrogen-bond donors (Lipinski definition) is 0. The Bertz CT molecular complexity index is 472. The normalized spacial score (nSPS) is 10.1. The molecule has 0 heterocycles. The minimum absolute atomic E-state index is 1.01. The van der Waals surface area contributed by atoms with Gasteiger partial charge in [-0.1, -0.05) is 59.8 Å². The van der Waals surface area contributed by atoms with Gasteiger partial charge in [0.25, 0.3) is 0 Å². The Kier molecular flexibility index (Phi) is 2.83. The molecular weight excluding hydrogens is 196 g/mol. The van der Waals surface area contributed by atoms with Gasteiger partial charge in [0.05, 0.1) is 0 Å². The topological polar surface area (TPSA) is 0 Å². The predicted octanol–water partition coefficient (Wildman–Crippen LogP) is 2.69. The third-order valence-electron chi connectivity index (χ3n) is 2.47. The first-order valence-electron chi connectivity index (χ1n) is 5.09. The molecule has 0 aliphatic rings. The third kappa shape index (κ3) is 2.08. The van der Waals surface area contributed by atoms with Crippen molar-refractivity contribution in [1.29, 1.82) is 0 Å². The Labute approximate surface area is 93.7 Å². The fraction of sp³-hybridized carbons (Fsp3) is 0. The molecule has 0 bridgehead atoms. The zero-order valence-corrected chi connectivity index (χ0v) is 10.9. The SMILES string of the molecule is C=C([SiH3])c1ccccc1-c1ccccc1. The summed E-state index contributed by atoms with van der Waals surface area (Å²) in [6.07, 6.45) is 0. The summed E-state index contributed by atoms with van der Waals surface area (Å²) in [6.45, 7) is 4.07. The maximum atomic E-state index is 4.07. The molecule has 2 rings (SSSR count). The second kappa shape index (κ2) is 4.28. The van der Waals surface area contributed by atoms with E-state index in [1.165, 1.54) is 21.9 Å². The largest absolute Gasteiger partial charge is 0.100 e. The molecule has 0 saturated carbocycles. The second-order valence-electron chi connectivity index (χ2n) is 3.69. The maximum Gasteiger partial charge on any atom is 0.0385 e. The summed E-state index contributed by atoms with van der Waals surface area (Å²) in [5, 5.41) is 1.24. The lowest BCUT2D eigenvalue weighted by atomic mass is 10.00. The van der Waals surface area contributed by atoms with Crippen LogP contribution in [0, 0.1) is 0 Å². The monoisotopic (exact) mass is 210 g/mol. The molecule has 0 N–H and O–H groups in total. The maximum absolute atomic E-state index is 4.07. The molecule has 1 heteroatoms. The minimum atomic E-state index is 1.01. The summed E-state index contributed by atoms with van der Waals surface area (Å²) in [6, 6.07) is 18.9. The number of benzene rings is 2. The van der Waals surface area contributed by atoms with Gasteiger partial charge in [-0.15, -0.1) is 6.58 Å². The fourth-order valence-corrected chi connectivity index (χ4v) is 2.16. The van der Waals surface area contributed by atoms with Crippen LogP contribution in [0.2, 0.25) is 0 Å². The van der Waals surface area contributed by atoms with E-state index < -0.39 is 0 Å². The first-order chi connectivity index (χ1) is 7.29. The Hall–Kier alpha value is -1.60. The van der Waals surface area contributed by atoms with Crippen molar-refractivity contribution in [1.82, 2.24) is 0 Å². The summed E-state index contributed by atoms with van der Waals surface area (Å²) < 4.78 is 0. The van der Waals surface area contributed by atoms with Crippen molar-refractivity contribution in [2.75, 3.05) is 0 Å². The van der Waals surface area contributed by atoms with Gasteiger partial charge in [-0.3, -0.25) is 0 Å². The number of rotatable bonds is 2. The predicted molar refractivity (Wildman–Crippen MR) is 70.9 cm³/mol. The average molecular weight is 210 g/mol. The molecule has 0 radical (unpaired) electrons. The molecule has 0 aliphatic heterocycles. The molecule has 2 aromatic rings. The Morgan fingerprint density at radius 2 is 1.47 bits per heavy atom. The molecule has 0 amide bonds. The highest BCUT2D eigenvalue weighted by Crippen LogP contribution is 2.26. The van der Waals surface area contributed by atoms with E-state index in [9.17, 15) is 0 Å². The van der Waals surface area contributed by atoms with Gasteiger partial charge in [0.1, 0.15) is 0 Å². The highest BCUT2D eigenvalue weighted by Gasteiger charge is 2.03. The zero-order chi connectivity index (χ0) is 10.7. The lowest BCUT2D eigenvalue weighted by Crippen LogP contribution is -1.87. The Morgan fingerprint density at radius 3 is 2.13 bits per heavy atom. The summed E-state index contributed by atoms with van der Waals surface area (Å²) in [5.74, 6) is 0. The van der Waals surface area contributed by atoms with Crippen LogP contribution in [0.4, 0.5) is 0 Å². The van der Waals surface area contributed by atoms with Crippen molar-refractivity contribution >= 4 is 15.4 Å². The lowest BCUT2D eigenvalue weighted by molar-refractivity contribution is 1.59. The zero-order valence-electron chi connectivity index (χ0n) is 8.90. The summed E-state index contributed by atoms with van der Waals surface area (Å²) in [4.78, 5) is 0. The molecule has 0 spiro atoms. The molecule has 0 atom stereocenters. The Balaban J connectivity index is 2.58. The van der Waals surface area contributed by atoms with Crippen molar-refractivity contribution in [3.63, 3.8) is 0 Å². The molecular formula is C14H14Si. The van der Waals surface area contributed by atoms with Crippen molar-refractivity contribution in [2.24, 2.45) is 0 Å². The molecule has 0 fully saturated rings. The molecule has 0 aromatic heterocycles. The van der Waals surface area contributed by atoms with E-state index in [1.54, 1.807) is 0 Å². The van der Waals surface area contributed by atoms with Crippen LogP contribution in [0.5, 0.6) is 0 Å². The van der Waals surface area contributed by atoms with Crippen LogP contribution in [0.3, 0.4) is 0 Å². The van der Waals surface area contributed by atoms with Crippen LogP contribution in [-0.2, 0) is 0 Å². The van der Waals surface area contributed by atoms with Gasteiger partial charge in [-0.2, -0.15) is 0 Å². The molecule has 0 aliphatic carbocycles. The second-order valence-corrected chi connectivity index (χ2v) is 4.90. The lowest BCUT2D eigenvalue weighted by Gasteiger charge is -2.08. The van der Waals surface area contributed by atoms with Crippen LogP contribution in [-0.4, -0.2) is 10.2 Å². The molecule has 0 nitrogen and oxygen atoms in total. The molecule has 2 aromatic carbocycles. The Morgan fingerprint density at radius 1 is 0.867 bits per heavy atom. The van der Waals surface area contributed by atoms with Gasteiger partial charge < -0.3 is 0 Å². The number of hydrogen-bond acceptors (Lipinski definition) is 0. The van der Waals surface area contributed by atoms with E-state index in [-0.39, 0.29) is 0 Å². The summed E-state index contributed by atoms with van der Waals surface area (Å²) >= 11 is 0. The van der Waals surface area contributed by atoms with Crippen LogP contribution in [0.15, 0.2) is 61.2 Å². The highest BCUT2D eigenvalue weighted by molar-refractivity contribution is 6.42. The fourth-order valence-electron chi connectivity index (χ4n) is 1.72.